The Morgan fingerprint density at radius 1 is 1.25 bits per heavy atom. The van der Waals surface area contributed by atoms with Gasteiger partial charge in [0.1, 0.15) is 6.54 Å². The van der Waals surface area contributed by atoms with E-state index in [0.29, 0.717) is 30.1 Å². The standard InChI is InChI=1S/C21H18BrClN2O3/c1-12-3-2-4-14(20(12)22)21(28)24-8-7-18-16(10-24)15-9-13(23)5-6-17(15)25(18)11-19(26)27/h2-6,9H,7-8,10-11H2,1H3,(H,26,27). The number of carbonyl (C=O) groups excluding carboxylic acids is 1. The molecule has 3 aromatic rings. The number of carboxylic acids is 1. The van der Waals surface area contributed by atoms with Gasteiger partial charge in [-0.1, -0.05) is 23.7 Å². The first-order valence-corrected chi connectivity index (χ1v) is 10.1. The Morgan fingerprint density at radius 3 is 2.79 bits per heavy atom. The Kier molecular flexibility index (Phi) is 4.93. The van der Waals surface area contributed by atoms with Crippen LogP contribution in [0.15, 0.2) is 40.9 Å². The second-order valence-corrected chi connectivity index (χ2v) is 8.21. The van der Waals surface area contributed by atoms with E-state index < -0.39 is 5.97 Å². The first kappa shape index (κ1) is 19.0. The molecule has 1 aromatic heterocycles. The van der Waals surface area contributed by atoms with Crippen LogP contribution in [0.5, 0.6) is 0 Å². The molecular weight excluding hydrogens is 444 g/mol. The number of carbonyl (C=O) groups is 2. The largest absolute Gasteiger partial charge is 0.480 e. The van der Waals surface area contributed by atoms with Crippen molar-refractivity contribution in [2.75, 3.05) is 6.54 Å². The molecule has 0 atom stereocenters. The first-order valence-electron chi connectivity index (χ1n) is 8.92. The fraction of sp³-hybridized carbons (Fsp3) is 0.238. The summed E-state index contributed by atoms with van der Waals surface area (Å²) in [6.45, 7) is 2.81. The minimum Gasteiger partial charge on any atom is -0.480 e. The van der Waals surface area contributed by atoms with Crippen molar-refractivity contribution < 1.29 is 14.7 Å². The van der Waals surface area contributed by atoms with Crippen molar-refractivity contribution in [3.8, 4) is 0 Å². The molecule has 1 N–H and O–H groups in total. The summed E-state index contributed by atoms with van der Waals surface area (Å²) in [7, 11) is 0. The van der Waals surface area contributed by atoms with E-state index in [1.807, 2.05) is 46.7 Å². The number of benzene rings is 2. The highest BCUT2D eigenvalue weighted by molar-refractivity contribution is 9.10. The molecule has 7 heteroatoms. The first-order chi connectivity index (χ1) is 13.4. The summed E-state index contributed by atoms with van der Waals surface area (Å²) < 4.78 is 2.63. The van der Waals surface area contributed by atoms with Crippen LogP contribution in [0.4, 0.5) is 0 Å². The summed E-state index contributed by atoms with van der Waals surface area (Å²) in [5.74, 6) is -0.931. The molecule has 1 amide bonds. The molecular formula is C21H18BrClN2O3. The average molecular weight is 462 g/mol. The lowest BCUT2D eigenvalue weighted by molar-refractivity contribution is -0.137. The molecule has 144 valence electrons. The quantitative estimate of drug-likeness (QED) is 0.618. The fourth-order valence-electron chi connectivity index (χ4n) is 3.89. The average Bonchev–Trinajstić information content (AvgIpc) is 2.95. The van der Waals surface area contributed by atoms with Crippen molar-refractivity contribution in [1.29, 1.82) is 0 Å². The third-order valence-corrected chi connectivity index (χ3v) is 6.51. The highest BCUT2D eigenvalue weighted by Gasteiger charge is 2.28. The molecule has 0 radical (unpaired) electrons. The van der Waals surface area contributed by atoms with Crippen molar-refractivity contribution in [2.45, 2.75) is 26.4 Å². The summed E-state index contributed by atoms with van der Waals surface area (Å²) >= 11 is 9.72. The zero-order valence-electron chi connectivity index (χ0n) is 15.2. The van der Waals surface area contributed by atoms with E-state index in [-0.39, 0.29) is 12.5 Å². The lowest BCUT2D eigenvalue weighted by atomic mass is 10.0. The third kappa shape index (κ3) is 3.20. The van der Waals surface area contributed by atoms with Crippen molar-refractivity contribution in [3.63, 3.8) is 0 Å². The van der Waals surface area contributed by atoms with Crippen molar-refractivity contribution in [2.24, 2.45) is 0 Å². The third-order valence-electron chi connectivity index (χ3n) is 5.22. The van der Waals surface area contributed by atoms with Gasteiger partial charge in [0.25, 0.3) is 5.91 Å². The fourth-order valence-corrected chi connectivity index (χ4v) is 4.50. The van der Waals surface area contributed by atoms with Gasteiger partial charge in [-0.3, -0.25) is 9.59 Å². The Balaban J connectivity index is 1.77. The number of nitrogens with zero attached hydrogens (tertiary/aromatic N) is 2. The number of aromatic nitrogens is 1. The lowest BCUT2D eigenvalue weighted by Gasteiger charge is -2.29. The second kappa shape index (κ2) is 7.26. The molecule has 2 aromatic carbocycles. The smallest absolute Gasteiger partial charge is 0.323 e. The van der Waals surface area contributed by atoms with E-state index in [2.05, 4.69) is 15.9 Å². The summed E-state index contributed by atoms with van der Waals surface area (Å²) in [6, 6.07) is 11.1. The number of rotatable bonds is 3. The maximum absolute atomic E-state index is 13.1. The number of hydrogen-bond acceptors (Lipinski definition) is 2. The minimum atomic E-state index is -0.892. The summed E-state index contributed by atoms with van der Waals surface area (Å²) in [5, 5.41) is 10.8. The summed E-state index contributed by atoms with van der Waals surface area (Å²) in [4.78, 5) is 26.3. The Morgan fingerprint density at radius 2 is 2.04 bits per heavy atom. The second-order valence-electron chi connectivity index (χ2n) is 6.98. The van der Waals surface area contributed by atoms with Gasteiger partial charge in [-0.2, -0.15) is 0 Å². The van der Waals surface area contributed by atoms with Crippen LogP contribution in [0.25, 0.3) is 10.9 Å². The molecule has 0 bridgehead atoms. The van der Waals surface area contributed by atoms with Gasteiger partial charge in [0.15, 0.2) is 0 Å². The number of aryl methyl sites for hydroxylation is 1. The number of fused-ring (bicyclic) bond motifs is 3. The molecule has 5 nitrogen and oxygen atoms in total. The van der Waals surface area contributed by atoms with Crippen LogP contribution >= 0.6 is 27.5 Å². The van der Waals surface area contributed by atoms with E-state index in [0.717, 1.165) is 32.2 Å². The van der Waals surface area contributed by atoms with Gasteiger partial charge in [0.2, 0.25) is 0 Å². The van der Waals surface area contributed by atoms with Gasteiger partial charge in [-0.05, 0) is 52.7 Å². The predicted octanol–water partition coefficient (Wildman–Crippen LogP) is 4.65. The maximum atomic E-state index is 13.1. The molecule has 1 aliphatic heterocycles. The maximum Gasteiger partial charge on any atom is 0.323 e. The Labute approximate surface area is 175 Å². The molecule has 0 spiro atoms. The van der Waals surface area contributed by atoms with Crippen LogP contribution < -0.4 is 0 Å². The van der Waals surface area contributed by atoms with E-state index in [1.54, 1.807) is 6.07 Å². The monoisotopic (exact) mass is 460 g/mol. The summed E-state index contributed by atoms with van der Waals surface area (Å²) in [6.07, 6.45) is 0.601. The topological polar surface area (TPSA) is 62.5 Å². The highest BCUT2D eigenvalue weighted by atomic mass is 79.9. The molecule has 2 heterocycles. The van der Waals surface area contributed by atoms with Gasteiger partial charge in [-0.15, -0.1) is 0 Å². The van der Waals surface area contributed by atoms with E-state index in [1.165, 1.54) is 0 Å². The number of halogens is 2. The van der Waals surface area contributed by atoms with Crippen LogP contribution in [0, 0.1) is 6.92 Å². The highest BCUT2D eigenvalue weighted by Crippen LogP contribution is 2.34. The van der Waals surface area contributed by atoms with Crippen LogP contribution in [0.1, 0.15) is 27.2 Å². The van der Waals surface area contributed by atoms with Crippen LogP contribution in [-0.4, -0.2) is 33.0 Å². The van der Waals surface area contributed by atoms with Crippen molar-refractivity contribution >= 4 is 50.3 Å². The molecule has 0 unspecified atom stereocenters. The zero-order chi connectivity index (χ0) is 20.0. The van der Waals surface area contributed by atoms with Gasteiger partial charge in [0, 0.05) is 51.2 Å². The SMILES string of the molecule is Cc1cccc(C(=O)N2CCc3c(c4cc(Cl)ccc4n3CC(=O)O)C2)c1Br. The van der Waals surface area contributed by atoms with E-state index in [4.69, 9.17) is 11.6 Å². The van der Waals surface area contributed by atoms with Crippen molar-refractivity contribution in [3.05, 3.63) is 68.3 Å². The van der Waals surface area contributed by atoms with E-state index >= 15 is 0 Å². The van der Waals surface area contributed by atoms with Gasteiger partial charge < -0.3 is 14.6 Å². The van der Waals surface area contributed by atoms with Gasteiger partial charge in [-0.25, -0.2) is 0 Å². The predicted molar refractivity (Wildman–Crippen MR) is 112 cm³/mol. The molecule has 0 saturated carbocycles. The molecule has 4 rings (SSSR count). The normalized spacial score (nSPS) is 13.6. The molecule has 28 heavy (non-hydrogen) atoms. The number of aliphatic carboxylic acids is 1. The Hall–Kier alpha value is -2.31. The van der Waals surface area contributed by atoms with Crippen LogP contribution in [0.2, 0.25) is 5.02 Å². The minimum absolute atomic E-state index is 0.0395. The molecule has 1 aliphatic rings. The lowest BCUT2D eigenvalue weighted by Crippen LogP contribution is -2.36. The van der Waals surface area contributed by atoms with Crippen LogP contribution in [-0.2, 0) is 24.3 Å². The Bertz CT molecular complexity index is 1120. The number of amides is 1. The number of carboxylic acid groups (broad SMARTS) is 1. The summed E-state index contributed by atoms with van der Waals surface area (Å²) in [5.41, 5.74) is 4.42. The number of hydrogen-bond donors (Lipinski definition) is 1. The van der Waals surface area contributed by atoms with Gasteiger partial charge >= 0.3 is 5.97 Å². The zero-order valence-corrected chi connectivity index (χ0v) is 17.5. The van der Waals surface area contributed by atoms with E-state index in [9.17, 15) is 14.7 Å². The van der Waals surface area contributed by atoms with Crippen LogP contribution in [0.3, 0.4) is 0 Å². The molecule has 0 aliphatic carbocycles. The van der Waals surface area contributed by atoms with Crippen molar-refractivity contribution in [1.82, 2.24) is 9.47 Å². The molecule has 0 fully saturated rings. The van der Waals surface area contributed by atoms with Gasteiger partial charge in [0.05, 0.1) is 5.56 Å². The molecule has 0 saturated heterocycles.